The number of nitrogens with one attached hydrogen (secondary N) is 2. The lowest BCUT2D eigenvalue weighted by Crippen LogP contribution is -2.41. The molecule has 4 N–H and O–H groups in total. The first-order valence-corrected chi connectivity index (χ1v) is 8.19. The number of anilines is 1. The largest absolute Gasteiger partial charge is 0.352 e. The van der Waals surface area contributed by atoms with E-state index in [0.717, 1.165) is 17.7 Å². The Kier molecular flexibility index (Phi) is 4.53. The van der Waals surface area contributed by atoms with Gasteiger partial charge in [-0.15, -0.1) is 0 Å². The highest BCUT2D eigenvalue weighted by atomic mass is 16.2. The smallest absolute Gasteiger partial charge is 0.251 e. The van der Waals surface area contributed by atoms with E-state index in [4.69, 9.17) is 5.73 Å². The topological polar surface area (TPSA) is 105 Å². The first kappa shape index (κ1) is 16.4. The number of amides is 3. The summed E-state index contributed by atoms with van der Waals surface area (Å²) in [5.41, 5.74) is 7.80. The van der Waals surface area contributed by atoms with Gasteiger partial charge in [0.05, 0.1) is 12.5 Å². The molecule has 3 amide bonds. The molecule has 0 aliphatic carbocycles. The molecule has 0 bridgehead atoms. The van der Waals surface area contributed by atoms with Crippen molar-refractivity contribution in [2.45, 2.75) is 25.8 Å². The van der Waals surface area contributed by atoms with Gasteiger partial charge in [-0.1, -0.05) is 0 Å². The Bertz CT molecular complexity index is 686. The number of carbonyl (C=O) groups is 3. The van der Waals surface area contributed by atoms with Crippen LogP contribution >= 0.6 is 0 Å². The van der Waals surface area contributed by atoms with Crippen LogP contribution in [-0.2, 0) is 16.0 Å². The third-order valence-electron chi connectivity index (χ3n) is 4.53. The molecule has 1 fully saturated rings. The summed E-state index contributed by atoms with van der Waals surface area (Å²) in [7, 11) is 0. The number of hydrogen-bond acceptors (Lipinski definition) is 4. The predicted molar refractivity (Wildman–Crippen MR) is 89.4 cm³/mol. The SMILES string of the molecule is C[C@@H](N)C(=O)N1CC[C@H](CNC(=O)c2ccc3c(c2)CC(=O)N3)C1. The van der Waals surface area contributed by atoms with Crippen molar-refractivity contribution in [2.75, 3.05) is 25.0 Å². The van der Waals surface area contributed by atoms with Crippen molar-refractivity contribution in [3.05, 3.63) is 29.3 Å². The third-order valence-corrected chi connectivity index (χ3v) is 4.53. The first-order valence-electron chi connectivity index (χ1n) is 8.19. The quantitative estimate of drug-likeness (QED) is 0.728. The van der Waals surface area contributed by atoms with Crippen LogP contribution in [0.1, 0.15) is 29.3 Å². The van der Waals surface area contributed by atoms with Crippen molar-refractivity contribution in [2.24, 2.45) is 11.7 Å². The Morgan fingerprint density at radius 3 is 3.00 bits per heavy atom. The molecule has 7 heteroatoms. The van der Waals surface area contributed by atoms with Crippen molar-refractivity contribution >= 4 is 23.4 Å². The molecule has 0 saturated carbocycles. The maximum Gasteiger partial charge on any atom is 0.251 e. The van der Waals surface area contributed by atoms with Crippen molar-refractivity contribution in [1.82, 2.24) is 10.2 Å². The van der Waals surface area contributed by atoms with Gasteiger partial charge in [0.15, 0.2) is 0 Å². The molecule has 24 heavy (non-hydrogen) atoms. The number of nitrogens with two attached hydrogens (primary N) is 1. The Morgan fingerprint density at radius 1 is 1.46 bits per heavy atom. The number of rotatable bonds is 4. The van der Waals surface area contributed by atoms with E-state index in [1.807, 2.05) is 0 Å². The Labute approximate surface area is 140 Å². The summed E-state index contributed by atoms with van der Waals surface area (Å²) in [6.07, 6.45) is 1.18. The van der Waals surface area contributed by atoms with Crippen molar-refractivity contribution < 1.29 is 14.4 Å². The maximum absolute atomic E-state index is 12.3. The van der Waals surface area contributed by atoms with Crippen LogP contribution in [0, 0.1) is 5.92 Å². The minimum Gasteiger partial charge on any atom is -0.352 e. The van der Waals surface area contributed by atoms with E-state index in [1.54, 1.807) is 30.0 Å². The molecule has 1 aromatic rings. The van der Waals surface area contributed by atoms with Gasteiger partial charge in [-0.05, 0) is 43.0 Å². The lowest BCUT2D eigenvalue weighted by atomic mass is 10.1. The minimum atomic E-state index is -0.485. The summed E-state index contributed by atoms with van der Waals surface area (Å²) in [5, 5.41) is 5.66. The summed E-state index contributed by atoms with van der Waals surface area (Å²) >= 11 is 0. The highest BCUT2D eigenvalue weighted by Gasteiger charge is 2.28. The summed E-state index contributed by atoms with van der Waals surface area (Å²) in [5.74, 6) is -0.00420. The van der Waals surface area contributed by atoms with Crippen LogP contribution in [0.2, 0.25) is 0 Å². The molecule has 0 aromatic heterocycles. The van der Waals surface area contributed by atoms with Crippen LogP contribution in [0.25, 0.3) is 0 Å². The molecular formula is C17H22N4O3. The van der Waals surface area contributed by atoms with Crippen molar-refractivity contribution in [3.8, 4) is 0 Å². The van der Waals surface area contributed by atoms with E-state index in [0.29, 0.717) is 31.6 Å². The molecular weight excluding hydrogens is 308 g/mol. The van der Waals surface area contributed by atoms with Crippen LogP contribution < -0.4 is 16.4 Å². The van der Waals surface area contributed by atoms with Crippen LogP contribution in [0.15, 0.2) is 18.2 Å². The fourth-order valence-electron chi connectivity index (χ4n) is 3.20. The second kappa shape index (κ2) is 6.60. The van der Waals surface area contributed by atoms with E-state index < -0.39 is 6.04 Å². The van der Waals surface area contributed by atoms with Crippen molar-refractivity contribution in [3.63, 3.8) is 0 Å². The van der Waals surface area contributed by atoms with Gasteiger partial charge in [0.2, 0.25) is 11.8 Å². The zero-order valence-corrected chi connectivity index (χ0v) is 13.7. The highest BCUT2D eigenvalue weighted by Crippen LogP contribution is 2.24. The lowest BCUT2D eigenvalue weighted by Gasteiger charge is -2.18. The third kappa shape index (κ3) is 3.41. The van der Waals surface area contributed by atoms with Crippen LogP contribution in [0.4, 0.5) is 5.69 Å². The van der Waals surface area contributed by atoms with Gasteiger partial charge in [-0.25, -0.2) is 0 Å². The number of nitrogens with zero attached hydrogens (tertiary/aromatic N) is 1. The molecule has 1 aromatic carbocycles. The van der Waals surface area contributed by atoms with Gasteiger partial charge in [0.25, 0.3) is 5.91 Å². The van der Waals surface area contributed by atoms with Crippen LogP contribution in [-0.4, -0.2) is 48.3 Å². The molecule has 2 aliphatic rings. The minimum absolute atomic E-state index is 0.0420. The fraction of sp³-hybridized carbons (Fsp3) is 0.471. The summed E-state index contributed by atoms with van der Waals surface area (Å²) in [4.78, 5) is 37.3. The van der Waals surface area contributed by atoms with E-state index in [9.17, 15) is 14.4 Å². The number of carbonyl (C=O) groups excluding carboxylic acids is 3. The Hall–Kier alpha value is -2.41. The van der Waals surface area contributed by atoms with Crippen LogP contribution in [0.5, 0.6) is 0 Å². The molecule has 7 nitrogen and oxygen atoms in total. The standard InChI is InChI=1S/C17H22N4O3/c1-10(18)17(24)21-5-4-11(9-21)8-19-16(23)12-2-3-14-13(6-12)7-15(22)20-14/h2-3,6,10-11H,4-5,7-9,18H2,1H3,(H,19,23)(H,20,22)/t10-,11-/m1/s1. The van der Waals surface area contributed by atoms with Crippen molar-refractivity contribution in [1.29, 1.82) is 0 Å². The summed E-state index contributed by atoms with van der Waals surface area (Å²) < 4.78 is 0. The number of likely N-dealkylation sites (tertiary alicyclic amines) is 1. The maximum atomic E-state index is 12.3. The summed E-state index contributed by atoms with van der Waals surface area (Å²) in [6.45, 7) is 3.53. The lowest BCUT2D eigenvalue weighted by molar-refractivity contribution is -0.131. The molecule has 3 rings (SSSR count). The van der Waals surface area contributed by atoms with Gasteiger partial charge in [0.1, 0.15) is 0 Å². The average molecular weight is 330 g/mol. The molecule has 2 heterocycles. The van der Waals surface area contributed by atoms with E-state index >= 15 is 0 Å². The zero-order valence-electron chi connectivity index (χ0n) is 13.7. The van der Waals surface area contributed by atoms with Gasteiger partial charge >= 0.3 is 0 Å². The fourth-order valence-corrected chi connectivity index (χ4v) is 3.20. The monoisotopic (exact) mass is 330 g/mol. The normalized spacial score (nSPS) is 20.5. The van der Waals surface area contributed by atoms with Gasteiger partial charge in [-0.3, -0.25) is 14.4 Å². The summed E-state index contributed by atoms with van der Waals surface area (Å²) in [6, 6.07) is 4.73. The number of hydrogen-bond donors (Lipinski definition) is 3. The zero-order chi connectivity index (χ0) is 17.3. The van der Waals surface area contributed by atoms with Gasteiger partial charge in [-0.2, -0.15) is 0 Å². The molecule has 2 aliphatic heterocycles. The molecule has 0 unspecified atom stereocenters. The average Bonchev–Trinajstić information content (AvgIpc) is 3.16. The Morgan fingerprint density at radius 2 is 2.25 bits per heavy atom. The molecule has 0 radical (unpaired) electrons. The van der Waals surface area contributed by atoms with E-state index in [2.05, 4.69) is 10.6 Å². The highest BCUT2D eigenvalue weighted by molar-refractivity contribution is 6.01. The van der Waals surface area contributed by atoms with E-state index in [1.165, 1.54) is 0 Å². The van der Waals surface area contributed by atoms with Crippen LogP contribution in [0.3, 0.4) is 0 Å². The second-order valence-corrected chi connectivity index (χ2v) is 6.53. The molecule has 2 atom stereocenters. The number of fused-ring (bicyclic) bond motifs is 1. The molecule has 128 valence electrons. The number of benzene rings is 1. The first-order chi connectivity index (χ1) is 11.4. The second-order valence-electron chi connectivity index (χ2n) is 6.53. The Balaban J connectivity index is 1.53. The van der Waals surface area contributed by atoms with Gasteiger partial charge in [0, 0.05) is 30.9 Å². The molecule has 0 spiro atoms. The predicted octanol–water partition coefficient (Wildman–Crippen LogP) is 0.107. The molecule has 1 saturated heterocycles. The van der Waals surface area contributed by atoms with Gasteiger partial charge < -0.3 is 21.3 Å². The van der Waals surface area contributed by atoms with E-state index in [-0.39, 0.29) is 23.6 Å².